The highest BCUT2D eigenvalue weighted by molar-refractivity contribution is 9.10. The predicted octanol–water partition coefficient (Wildman–Crippen LogP) is 4.16. The minimum Gasteiger partial charge on any atom is -0.444 e. The van der Waals surface area contributed by atoms with E-state index < -0.39 is 11.7 Å². The van der Waals surface area contributed by atoms with Crippen molar-refractivity contribution in [2.24, 2.45) is 0 Å². The van der Waals surface area contributed by atoms with Crippen LogP contribution >= 0.6 is 15.9 Å². The summed E-state index contributed by atoms with van der Waals surface area (Å²) in [5.41, 5.74) is 2.75. The quantitative estimate of drug-likeness (QED) is 0.583. The first-order chi connectivity index (χ1) is 14.6. The van der Waals surface area contributed by atoms with Crippen LogP contribution in [0.4, 0.5) is 4.79 Å². The van der Waals surface area contributed by atoms with E-state index in [0.29, 0.717) is 11.2 Å². The average molecular weight is 488 g/mol. The molecule has 1 amide bonds. The summed E-state index contributed by atoms with van der Waals surface area (Å²) in [6.45, 7) is 7.51. The molecule has 0 aliphatic heterocycles. The fourth-order valence-electron chi connectivity index (χ4n) is 3.20. The lowest BCUT2D eigenvalue weighted by molar-refractivity contribution is 0.0201. The van der Waals surface area contributed by atoms with Crippen LogP contribution in [0.2, 0.25) is 0 Å². The van der Waals surface area contributed by atoms with Crippen molar-refractivity contribution < 1.29 is 14.6 Å². The molecule has 0 bridgehead atoms. The highest BCUT2D eigenvalue weighted by Crippen LogP contribution is 2.26. The molecule has 164 valence electrons. The van der Waals surface area contributed by atoms with E-state index in [1.807, 2.05) is 25.1 Å². The molecular formula is C23H26BrN3O4. The maximum Gasteiger partial charge on any atom is 0.410 e. The van der Waals surface area contributed by atoms with E-state index in [1.165, 1.54) is 9.30 Å². The molecule has 0 aliphatic carbocycles. The number of carbonyl (C=O) groups excluding carboxylic acids is 1. The molecule has 0 aliphatic rings. The molecule has 0 spiro atoms. The Labute approximate surface area is 189 Å². The van der Waals surface area contributed by atoms with E-state index in [9.17, 15) is 14.7 Å². The van der Waals surface area contributed by atoms with Crippen molar-refractivity contribution in [3.8, 4) is 11.1 Å². The summed E-state index contributed by atoms with van der Waals surface area (Å²) < 4.78 is 7.83. The van der Waals surface area contributed by atoms with Crippen LogP contribution in [-0.4, -0.2) is 44.2 Å². The molecule has 8 heteroatoms. The van der Waals surface area contributed by atoms with Gasteiger partial charge in [0.15, 0.2) is 0 Å². The van der Waals surface area contributed by atoms with Gasteiger partial charge in [-0.2, -0.15) is 0 Å². The van der Waals surface area contributed by atoms with Gasteiger partial charge in [-0.05, 0) is 62.6 Å². The molecule has 0 saturated carbocycles. The number of aliphatic hydroxyl groups excluding tert-OH is 1. The SMILES string of the molecule is Cc1c(Br)cccc1-c1cnc2cc(CN(CCO)C(=O)OC(C)(C)C)ccn2c1=O. The number of aromatic nitrogens is 2. The second kappa shape index (κ2) is 9.20. The second-order valence-corrected chi connectivity index (χ2v) is 9.13. The van der Waals surface area contributed by atoms with Crippen molar-refractivity contribution >= 4 is 27.7 Å². The van der Waals surface area contributed by atoms with Crippen molar-refractivity contribution in [2.45, 2.75) is 39.8 Å². The summed E-state index contributed by atoms with van der Waals surface area (Å²) >= 11 is 3.50. The first-order valence-corrected chi connectivity index (χ1v) is 10.7. The topological polar surface area (TPSA) is 84.1 Å². The molecule has 3 rings (SSSR count). The van der Waals surface area contributed by atoms with E-state index in [1.54, 1.807) is 45.3 Å². The molecule has 0 unspecified atom stereocenters. The van der Waals surface area contributed by atoms with Gasteiger partial charge in [0.1, 0.15) is 11.2 Å². The van der Waals surface area contributed by atoms with E-state index in [2.05, 4.69) is 20.9 Å². The van der Waals surface area contributed by atoms with Crippen LogP contribution in [0.3, 0.4) is 0 Å². The minimum atomic E-state index is -0.635. The van der Waals surface area contributed by atoms with Crippen LogP contribution in [0.1, 0.15) is 31.9 Å². The van der Waals surface area contributed by atoms with Crippen LogP contribution in [0.25, 0.3) is 16.8 Å². The molecular weight excluding hydrogens is 462 g/mol. The summed E-state index contributed by atoms with van der Waals surface area (Å²) in [5.74, 6) is 0. The van der Waals surface area contributed by atoms with Gasteiger partial charge in [0.2, 0.25) is 0 Å². The summed E-state index contributed by atoms with van der Waals surface area (Å²) in [5, 5.41) is 9.34. The monoisotopic (exact) mass is 487 g/mol. The number of halogens is 1. The summed E-state index contributed by atoms with van der Waals surface area (Å²) in [6, 6.07) is 9.24. The number of benzene rings is 1. The van der Waals surface area contributed by atoms with Crippen molar-refractivity contribution in [1.82, 2.24) is 14.3 Å². The Hall–Kier alpha value is -2.71. The Balaban J connectivity index is 1.94. The maximum atomic E-state index is 13.1. The van der Waals surface area contributed by atoms with Gasteiger partial charge in [0.25, 0.3) is 5.56 Å². The average Bonchev–Trinajstić information content (AvgIpc) is 2.69. The van der Waals surface area contributed by atoms with Gasteiger partial charge in [-0.25, -0.2) is 9.78 Å². The fraction of sp³-hybridized carbons (Fsp3) is 0.348. The Morgan fingerprint density at radius 3 is 2.68 bits per heavy atom. The number of fused-ring (bicyclic) bond motifs is 1. The Morgan fingerprint density at radius 1 is 1.26 bits per heavy atom. The van der Waals surface area contributed by atoms with E-state index in [-0.39, 0.29) is 25.3 Å². The number of rotatable bonds is 5. The second-order valence-electron chi connectivity index (χ2n) is 8.28. The van der Waals surface area contributed by atoms with Gasteiger partial charge >= 0.3 is 6.09 Å². The number of pyridine rings is 1. The van der Waals surface area contributed by atoms with Crippen molar-refractivity contribution in [3.63, 3.8) is 0 Å². The van der Waals surface area contributed by atoms with Gasteiger partial charge in [0.05, 0.1) is 12.2 Å². The Kier molecular flexibility index (Phi) is 6.81. The lowest BCUT2D eigenvalue weighted by Gasteiger charge is -2.27. The molecule has 0 atom stereocenters. The smallest absolute Gasteiger partial charge is 0.410 e. The Bertz CT molecular complexity index is 1170. The minimum absolute atomic E-state index is 0.140. The molecule has 0 saturated heterocycles. The lowest BCUT2D eigenvalue weighted by Crippen LogP contribution is -2.38. The standard InChI is InChI=1S/C23H26BrN3O4/c1-15-17(6-5-7-19(15)24)18-13-25-20-12-16(8-9-27(20)21(18)29)14-26(10-11-28)22(30)31-23(2,3)4/h5-9,12-13,28H,10-11,14H2,1-4H3. The van der Waals surface area contributed by atoms with Gasteiger partial charge in [0, 0.05) is 30.0 Å². The fourth-order valence-corrected chi connectivity index (χ4v) is 3.57. The van der Waals surface area contributed by atoms with E-state index >= 15 is 0 Å². The maximum absolute atomic E-state index is 13.1. The molecule has 2 heterocycles. The third-order valence-electron chi connectivity index (χ3n) is 4.73. The first-order valence-electron chi connectivity index (χ1n) is 9.95. The number of hydrogen-bond donors (Lipinski definition) is 1. The Morgan fingerprint density at radius 2 is 2.00 bits per heavy atom. The zero-order valence-electron chi connectivity index (χ0n) is 18.1. The number of carbonyl (C=O) groups is 1. The van der Waals surface area contributed by atoms with Crippen LogP contribution in [-0.2, 0) is 11.3 Å². The molecule has 1 aromatic carbocycles. The van der Waals surface area contributed by atoms with Crippen LogP contribution in [0, 0.1) is 6.92 Å². The molecule has 1 N–H and O–H groups in total. The molecule has 0 radical (unpaired) electrons. The highest BCUT2D eigenvalue weighted by Gasteiger charge is 2.22. The van der Waals surface area contributed by atoms with Crippen LogP contribution in [0.5, 0.6) is 0 Å². The van der Waals surface area contributed by atoms with Crippen LogP contribution in [0.15, 0.2) is 52.0 Å². The number of hydrogen-bond acceptors (Lipinski definition) is 5. The largest absolute Gasteiger partial charge is 0.444 e. The van der Waals surface area contributed by atoms with E-state index in [4.69, 9.17) is 4.74 Å². The van der Waals surface area contributed by atoms with E-state index in [0.717, 1.165) is 21.2 Å². The normalized spacial score (nSPS) is 11.5. The first kappa shape index (κ1) is 23.0. The lowest BCUT2D eigenvalue weighted by atomic mass is 10.0. The van der Waals surface area contributed by atoms with Crippen molar-refractivity contribution in [3.05, 3.63) is 68.7 Å². The van der Waals surface area contributed by atoms with Crippen molar-refractivity contribution in [2.75, 3.05) is 13.2 Å². The summed E-state index contributed by atoms with van der Waals surface area (Å²) in [6.07, 6.45) is 2.73. The van der Waals surface area contributed by atoms with Crippen molar-refractivity contribution in [1.29, 1.82) is 0 Å². The third kappa shape index (κ3) is 5.32. The number of ether oxygens (including phenoxy) is 1. The van der Waals surface area contributed by atoms with Gasteiger partial charge < -0.3 is 14.7 Å². The van der Waals surface area contributed by atoms with Gasteiger partial charge in [-0.1, -0.05) is 28.1 Å². The summed E-state index contributed by atoms with van der Waals surface area (Å²) in [4.78, 5) is 31.4. The molecule has 31 heavy (non-hydrogen) atoms. The molecule has 2 aromatic heterocycles. The number of amides is 1. The number of aliphatic hydroxyl groups is 1. The molecule has 3 aromatic rings. The summed E-state index contributed by atoms with van der Waals surface area (Å²) in [7, 11) is 0. The van der Waals surface area contributed by atoms with Gasteiger partial charge in [-0.3, -0.25) is 9.20 Å². The zero-order chi connectivity index (χ0) is 22.8. The zero-order valence-corrected chi connectivity index (χ0v) is 19.6. The predicted molar refractivity (Wildman–Crippen MR) is 123 cm³/mol. The third-order valence-corrected chi connectivity index (χ3v) is 5.59. The highest BCUT2D eigenvalue weighted by atomic mass is 79.9. The molecule has 0 fully saturated rings. The van der Waals surface area contributed by atoms with Gasteiger partial charge in [-0.15, -0.1) is 0 Å². The van der Waals surface area contributed by atoms with Crippen LogP contribution < -0.4 is 5.56 Å². The molecule has 7 nitrogen and oxygen atoms in total. The number of nitrogens with zero attached hydrogens (tertiary/aromatic N) is 3.